The Balaban J connectivity index is 2.31. The molecule has 3 nitrogen and oxygen atoms in total. The van der Waals surface area contributed by atoms with Crippen molar-refractivity contribution in [1.29, 1.82) is 0 Å². The number of hydrogen-bond donors (Lipinski definition) is 2. The zero-order chi connectivity index (χ0) is 14.0. The largest absolute Gasteiger partial charge is 0.416 e. The minimum absolute atomic E-state index is 0.353. The maximum atomic E-state index is 12.6. The van der Waals surface area contributed by atoms with Crippen molar-refractivity contribution in [2.24, 2.45) is 0 Å². The van der Waals surface area contributed by atoms with Crippen LogP contribution in [0.3, 0.4) is 0 Å². The number of aromatic nitrogens is 1. The summed E-state index contributed by atoms with van der Waals surface area (Å²) >= 11 is 0. The standard InChI is InChI=1S/C13H12F3N3/c1-8-2-3-9(13(14,15)16)6-11(8)19-10-4-5-12(17)18-7-10/h2-7,19H,1H3,(H2,17,18). The van der Waals surface area contributed by atoms with E-state index in [-0.39, 0.29) is 0 Å². The summed E-state index contributed by atoms with van der Waals surface area (Å²) in [6.07, 6.45) is -2.89. The molecule has 6 heteroatoms. The lowest BCUT2D eigenvalue weighted by molar-refractivity contribution is -0.137. The van der Waals surface area contributed by atoms with Crippen LogP contribution in [0.15, 0.2) is 36.5 Å². The summed E-state index contributed by atoms with van der Waals surface area (Å²) in [6.45, 7) is 1.73. The van der Waals surface area contributed by atoms with Gasteiger partial charge in [-0.15, -0.1) is 0 Å². The Hall–Kier alpha value is -2.24. The van der Waals surface area contributed by atoms with Crippen molar-refractivity contribution in [1.82, 2.24) is 4.98 Å². The van der Waals surface area contributed by atoms with Gasteiger partial charge in [0.1, 0.15) is 5.82 Å². The average Bonchev–Trinajstić information content (AvgIpc) is 2.33. The summed E-state index contributed by atoms with van der Waals surface area (Å²) in [7, 11) is 0. The molecule has 0 unspecified atom stereocenters. The third-order valence-corrected chi connectivity index (χ3v) is 2.63. The molecule has 19 heavy (non-hydrogen) atoms. The molecule has 0 aliphatic rings. The molecule has 0 radical (unpaired) electrons. The summed E-state index contributed by atoms with van der Waals surface area (Å²) in [5, 5.41) is 2.89. The van der Waals surface area contributed by atoms with Gasteiger partial charge in [-0.1, -0.05) is 6.07 Å². The highest BCUT2D eigenvalue weighted by molar-refractivity contribution is 5.64. The summed E-state index contributed by atoms with van der Waals surface area (Å²) < 4.78 is 37.9. The molecule has 0 fully saturated rings. The second-order valence-corrected chi connectivity index (χ2v) is 4.12. The molecule has 2 aromatic rings. The first kappa shape index (κ1) is 13.2. The molecule has 1 aromatic heterocycles. The zero-order valence-corrected chi connectivity index (χ0v) is 10.1. The molecule has 0 spiro atoms. The number of nitrogens with one attached hydrogen (secondary N) is 1. The molecular formula is C13H12F3N3. The van der Waals surface area contributed by atoms with E-state index in [4.69, 9.17) is 5.73 Å². The normalized spacial score (nSPS) is 11.4. The van der Waals surface area contributed by atoms with Gasteiger partial charge in [0.05, 0.1) is 17.4 Å². The first-order valence-electron chi connectivity index (χ1n) is 5.52. The molecule has 0 bridgehead atoms. The molecule has 100 valence electrons. The van der Waals surface area contributed by atoms with Crippen LogP contribution in [0.25, 0.3) is 0 Å². The van der Waals surface area contributed by atoms with E-state index in [1.54, 1.807) is 19.1 Å². The van der Waals surface area contributed by atoms with Crippen LogP contribution in [0.4, 0.5) is 30.4 Å². The highest BCUT2D eigenvalue weighted by atomic mass is 19.4. The molecule has 0 saturated carbocycles. The lowest BCUT2D eigenvalue weighted by Crippen LogP contribution is -2.06. The Morgan fingerprint density at radius 3 is 2.47 bits per heavy atom. The van der Waals surface area contributed by atoms with E-state index in [1.165, 1.54) is 12.3 Å². The molecule has 0 atom stereocenters. The lowest BCUT2D eigenvalue weighted by atomic mass is 10.1. The van der Waals surface area contributed by atoms with Crippen LogP contribution >= 0.6 is 0 Å². The monoisotopic (exact) mass is 267 g/mol. The van der Waals surface area contributed by atoms with Crippen molar-refractivity contribution >= 4 is 17.2 Å². The molecule has 0 aliphatic heterocycles. The number of rotatable bonds is 2. The van der Waals surface area contributed by atoms with Gasteiger partial charge < -0.3 is 11.1 Å². The highest BCUT2D eigenvalue weighted by Gasteiger charge is 2.30. The van der Waals surface area contributed by atoms with Crippen molar-refractivity contribution in [2.75, 3.05) is 11.1 Å². The number of alkyl halides is 3. The molecular weight excluding hydrogens is 255 g/mol. The van der Waals surface area contributed by atoms with Gasteiger partial charge >= 0.3 is 6.18 Å². The van der Waals surface area contributed by atoms with E-state index >= 15 is 0 Å². The number of pyridine rings is 1. The van der Waals surface area contributed by atoms with Crippen LogP contribution in [-0.2, 0) is 6.18 Å². The Kier molecular flexibility index (Phi) is 3.33. The maximum Gasteiger partial charge on any atom is 0.416 e. The Morgan fingerprint density at radius 1 is 1.16 bits per heavy atom. The number of nitrogens with zero attached hydrogens (tertiary/aromatic N) is 1. The van der Waals surface area contributed by atoms with Crippen molar-refractivity contribution in [2.45, 2.75) is 13.1 Å². The third kappa shape index (κ3) is 3.15. The number of nitrogen functional groups attached to an aromatic ring is 1. The second-order valence-electron chi connectivity index (χ2n) is 4.12. The summed E-state index contributed by atoms with van der Waals surface area (Å²) in [5.74, 6) is 0.353. The number of hydrogen-bond acceptors (Lipinski definition) is 3. The van der Waals surface area contributed by atoms with Crippen molar-refractivity contribution in [3.63, 3.8) is 0 Å². The van der Waals surface area contributed by atoms with Crippen LogP contribution < -0.4 is 11.1 Å². The van der Waals surface area contributed by atoms with Crippen LogP contribution in [0.1, 0.15) is 11.1 Å². The fraction of sp³-hybridized carbons (Fsp3) is 0.154. The zero-order valence-electron chi connectivity index (χ0n) is 10.1. The fourth-order valence-corrected chi connectivity index (χ4v) is 1.57. The predicted octanol–water partition coefficient (Wildman–Crippen LogP) is 3.73. The second kappa shape index (κ2) is 4.79. The average molecular weight is 267 g/mol. The van der Waals surface area contributed by atoms with E-state index in [0.717, 1.165) is 12.1 Å². The minimum atomic E-state index is -4.36. The van der Waals surface area contributed by atoms with Gasteiger partial charge in [-0.05, 0) is 36.8 Å². The number of benzene rings is 1. The number of halogens is 3. The van der Waals surface area contributed by atoms with Gasteiger partial charge in [0.25, 0.3) is 0 Å². The van der Waals surface area contributed by atoms with Crippen molar-refractivity contribution < 1.29 is 13.2 Å². The number of aryl methyl sites for hydroxylation is 1. The predicted molar refractivity (Wildman–Crippen MR) is 68.1 cm³/mol. The van der Waals surface area contributed by atoms with Gasteiger partial charge in [0.15, 0.2) is 0 Å². The minimum Gasteiger partial charge on any atom is -0.384 e. The van der Waals surface area contributed by atoms with E-state index in [2.05, 4.69) is 10.3 Å². The molecule has 0 amide bonds. The Morgan fingerprint density at radius 2 is 1.89 bits per heavy atom. The van der Waals surface area contributed by atoms with Gasteiger partial charge in [-0.3, -0.25) is 0 Å². The molecule has 1 heterocycles. The van der Waals surface area contributed by atoms with E-state index < -0.39 is 11.7 Å². The van der Waals surface area contributed by atoms with Crippen LogP contribution in [0.5, 0.6) is 0 Å². The smallest absolute Gasteiger partial charge is 0.384 e. The summed E-state index contributed by atoms with van der Waals surface area (Å²) in [5.41, 5.74) is 6.44. The molecule has 0 aliphatic carbocycles. The molecule has 0 saturated heterocycles. The summed E-state index contributed by atoms with van der Waals surface area (Å²) in [6, 6.07) is 6.79. The topological polar surface area (TPSA) is 50.9 Å². The third-order valence-electron chi connectivity index (χ3n) is 2.63. The molecule has 1 aromatic carbocycles. The van der Waals surface area contributed by atoms with Gasteiger partial charge in [0.2, 0.25) is 0 Å². The van der Waals surface area contributed by atoms with Gasteiger partial charge in [-0.25, -0.2) is 4.98 Å². The highest BCUT2D eigenvalue weighted by Crippen LogP contribution is 2.32. The van der Waals surface area contributed by atoms with Crippen LogP contribution in [0, 0.1) is 6.92 Å². The van der Waals surface area contributed by atoms with Gasteiger partial charge in [-0.2, -0.15) is 13.2 Å². The molecule has 2 rings (SSSR count). The van der Waals surface area contributed by atoms with E-state index in [9.17, 15) is 13.2 Å². The molecule has 3 N–H and O–H groups in total. The van der Waals surface area contributed by atoms with Crippen molar-refractivity contribution in [3.8, 4) is 0 Å². The van der Waals surface area contributed by atoms with Crippen LogP contribution in [0.2, 0.25) is 0 Å². The van der Waals surface area contributed by atoms with E-state index in [0.29, 0.717) is 22.8 Å². The SMILES string of the molecule is Cc1ccc(C(F)(F)F)cc1Nc1ccc(N)nc1. The first-order chi connectivity index (χ1) is 8.86. The number of nitrogens with two attached hydrogens (primary N) is 1. The van der Waals surface area contributed by atoms with Crippen molar-refractivity contribution in [3.05, 3.63) is 47.7 Å². The Bertz CT molecular complexity index is 577. The fourth-order valence-electron chi connectivity index (χ4n) is 1.57. The maximum absolute atomic E-state index is 12.6. The van der Waals surface area contributed by atoms with Gasteiger partial charge in [0, 0.05) is 5.69 Å². The Labute approximate surface area is 108 Å². The first-order valence-corrected chi connectivity index (χ1v) is 5.52. The van der Waals surface area contributed by atoms with Crippen LogP contribution in [-0.4, -0.2) is 4.98 Å². The quantitative estimate of drug-likeness (QED) is 0.871. The van der Waals surface area contributed by atoms with E-state index in [1.807, 2.05) is 0 Å². The lowest BCUT2D eigenvalue weighted by Gasteiger charge is -2.13. The summed E-state index contributed by atoms with van der Waals surface area (Å²) in [4.78, 5) is 3.87. The number of anilines is 3.